The Morgan fingerprint density at radius 3 is 2.59 bits per heavy atom. The minimum Gasteiger partial charge on any atom is -0.490 e. The predicted molar refractivity (Wildman–Crippen MR) is 133 cm³/mol. The SMILES string of the molecule is CCOc1cc(/C=C2\C(=N)N3N=C(S(C)(=O)=O)SC3=NC2=O)ccc1O[C@@H](C)c1ccccc1. The van der Waals surface area contributed by atoms with Crippen molar-refractivity contribution < 1.29 is 22.7 Å². The molecular formula is C23H22N4O5S2. The summed E-state index contributed by atoms with van der Waals surface area (Å²) >= 11 is 0.745. The first kappa shape index (κ1) is 23.7. The third-order valence-electron chi connectivity index (χ3n) is 4.90. The first-order valence-corrected chi connectivity index (χ1v) is 13.1. The van der Waals surface area contributed by atoms with E-state index in [0.29, 0.717) is 23.7 Å². The van der Waals surface area contributed by atoms with Gasteiger partial charge in [-0.3, -0.25) is 10.2 Å². The van der Waals surface area contributed by atoms with E-state index >= 15 is 0 Å². The fourth-order valence-corrected chi connectivity index (χ4v) is 4.94. The van der Waals surface area contributed by atoms with E-state index in [0.717, 1.165) is 28.6 Å². The molecule has 0 fully saturated rings. The lowest BCUT2D eigenvalue weighted by molar-refractivity contribution is -0.114. The second kappa shape index (κ2) is 9.43. The van der Waals surface area contributed by atoms with Gasteiger partial charge in [0, 0.05) is 6.26 Å². The van der Waals surface area contributed by atoms with Crippen LogP contribution in [0, 0.1) is 5.41 Å². The summed E-state index contributed by atoms with van der Waals surface area (Å²) in [5, 5.41) is 13.4. The molecule has 0 spiro atoms. The number of aliphatic imine (C=N–C) groups is 1. The summed E-state index contributed by atoms with van der Waals surface area (Å²) in [6.07, 6.45) is 2.30. The molecule has 1 atom stereocenters. The molecule has 2 heterocycles. The molecule has 0 saturated carbocycles. The van der Waals surface area contributed by atoms with Gasteiger partial charge in [0.05, 0.1) is 12.2 Å². The quantitative estimate of drug-likeness (QED) is 0.601. The van der Waals surface area contributed by atoms with Gasteiger partial charge >= 0.3 is 0 Å². The summed E-state index contributed by atoms with van der Waals surface area (Å²) in [6.45, 7) is 4.21. The average Bonchev–Trinajstić information content (AvgIpc) is 3.24. The molecule has 0 saturated heterocycles. The van der Waals surface area contributed by atoms with Crippen LogP contribution in [0.4, 0.5) is 0 Å². The molecule has 2 aliphatic rings. The van der Waals surface area contributed by atoms with Gasteiger partial charge in [0.2, 0.25) is 19.4 Å². The van der Waals surface area contributed by atoms with E-state index in [9.17, 15) is 13.2 Å². The minimum atomic E-state index is -3.59. The maximum atomic E-state index is 12.6. The van der Waals surface area contributed by atoms with Crippen molar-refractivity contribution >= 4 is 49.0 Å². The number of amides is 1. The molecule has 0 aromatic heterocycles. The van der Waals surface area contributed by atoms with Crippen LogP contribution in [0.3, 0.4) is 0 Å². The number of amidine groups is 2. The molecule has 34 heavy (non-hydrogen) atoms. The molecule has 11 heteroatoms. The minimum absolute atomic E-state index is 0.0170. The zero-order valence-electron chi connectivity index (χ0n) is 18.7. The smallest absolute Gasteiger partial charge is 0.283 e. The number of fused-ring (bicyclic) bond motifs is 1. The Morgan fingerprint density at radius 2 is 1.91 bits per heavy atom. The number of hydrogen-bond donors (Lipinski definition) is 1. The number of carbonyl (C=O) groups excluding carboxylic acids is 1. The van der Waals surface area contributed by atoms with E-state index < -0.39 is 15.7 Å². The fraction of sp³-hybridized carbons (Fsp3) is 0.217. The van der Waals surface area contributed by atoms with Crippen molar-refractivity contribution in [3.63, 3.8) is 0 Å². The lowest BCUT2D eigenvalue weighted by Gasteiger charge is -2.20. The molecule has 9 nitrogen and oxygen atoms in total. The molecule has 0 bridgehead atoms. The number of hydrogen-bond acceptors (Lipinski definition) is 8. The van der Waals surface area contributed by atoms with Crippen LogP contribution in [0.5, 0.6) is 11.5 Å². The maximum Gasteiger partial charge on any atom is 0.283 e. The zero-order valence-corrected chi connectivity index (χ0v) is 20.3. The molecule has 176 valence electrons. The molecule has 0 unspecified atom stereocenters. The summed E-state index contributed by atoms with van der Waals surface area (Å²) in [6, 6.07) is 15.0. The average molecular weight is 499 g/mol. The molecule has 2 aromatic carbocycles. The highest BCUT2D eigenvalue weighted by molar-refractivity contribution is 8.42. The van der Waals surface area contributed by atoms with Crippen LogP contribution in [-0.2, 0) is 14.6 Å². The van der Waals surface area contributed by atoms with Gasteiger partial charge in [0.15, 0.2) is 17.3 Å². The van der Waals surface area contributed by atoms with Crippen LogP contribution in [0.15, 0.2) is 64.2 Å². The number of benzene rings is 2. The van der Waals surface area contributed by atoms with Gasteiger partial charge in [-0.05, 0) is 54.9 Å². The molecule has 2 aliphatic heterocycles. The number of sulfone groups is 1. The molecule has 2 aromatic rings. The van der Waals surface area contributed by atoms with Crippen LogP contribution in [-0.4, -0.2) is 47.6 Å². The summed E-state index contributed by atoms with van der Waals surface area (Å²) in [7, 11) is -3.59. The Morgan fingerprint density at radius 1 is 1.18 bits per heavy atom. The Labute approximate surface area is 201 Å². The summed E-state index contributed by atoms with van der Waals surface area (Å²) in [5.74, 6) is 0.138. The largest absolute Gasteiger partial charge is 0.490 e. The number of ether oxygens (including phenoxy) is 2. The van der Waals surface area contributed by atoms with Crippen LogP contribution in [0.2, 0.25) is 0 Å². The first-order chi connectivity index (χ1) is 16.2. The molecule has 4 rings (SSSR count). The van der Waals surface area contributed by atoms with Crippen LogP contribution >= 0.6 is 11.8 Å². The van der Waals surface area contributed by atoms with Crippen molar-refractivity contribution in [2.24, 2.45) is 10.1 Å². The Hall–Kier alpha value is -3.44. The predicted octanol–water partition coefficient (Wildman–Crippen LogP) is 3.85. The van der Waals surface area contributed by atoms with Crippen molar-refractivity contribution in [2.45, 2.75) is 20.0 Å². The maximum absolute atomic E-state index is 12.6. The van der Waals surface area contributed by atoms with Crippen LogP contribution in [0.25, 0.3) is 6.08 Å². The van der Waals surface area contributed by atoms with Gasteiger partial charge in [-0.2, -0.15) is 10.0 Å². The van der Waals surface area contributed by atoms with Crippen molar-refractivity contribution in [2.75, 3.05) is 12.9 Å². The normalized spacial score (nSPS) is 17.9. The zero-order chi connectivity index (χ0) is 24.5. The van der Waals surface area contributed by atoms with E-state index in [2.05, 4.69) is 10.1 Å². The lowest BCUT2D eigenvalue weighted by atomic mass is 10.1. The Kier molecular flexibility index (Phi) is 6.58. The van der Waals surface area contributed by atoms with Gasteiger partial charge in [-0.1, -0.05) is 36.4 Å². The van der Waals surface area contributed by atoms with Gasteiger partial charge in [0.25, 0.3) is 5.91 Å². The number of thioether (sulfide) groups is 1. The highest BCUT2D eigenvalue weighted by Gasteiger charge is 2.38. The van der Waals surface area contributed by atoms with Crippen molar-refractivity contribution in [1.82, 2.24) is 5.01 Å². The molecule has 0 aliphatic carbocycles. The topological polar surface area (TPSA) is 121 Å². The first-order valence-electron chi connectivity index (χ1n) is 10.4. The van der Waals surface area contributed by atoms with Gasteiger partial charge in [0.1, 0.15) is 6.10 Å². The van der Waals surface area contributed by atoms with E-state index in [1.807, 2.05) is 44.2 Å². The van der Waals surface area contributed by atoms with Crippen molar-refractivity contribution in [3.05, 3.63) is 65.2 Å². The van der Waals surface area contributed by atoms with E-state index in [-0.39, 0.29) is 27.1 Å². The summed E-state index contributed by atoms with van der Waals surface area (Å²) < 4.78 is 35.3. The second-order valence-electron chi connectivity index (χ2n) is 7.47. The van der Waals surface area contributed by atoms with E-state index in [1.54, 1.807) is 18.2 Å². The van der Waals surface area contributed by atoms with Gasteiger partial charge < -0.3 is 9.47 Å². The molecule has 1 N–H and O–H groups in total. The lowest BCUT2D eigenvalue weighted by Crippen LogP contribution is -2.35. The third-order valence-corrected chi connectivity index (χ3v) is 7.48. The highest BCUT2D eigenvalue weighted by atomic mass is 32.3. The monoisotopic (exact) mass is 498 g/mol. The second-order valence-corrected chi connectivity index (χ2v) is 10.6. The number of carbonyl (C=O) groups is 1. The molecular weight excluding hydrogens is 476 g/mol. The summed E-state index contributed by atoms with van der Waals surface area (Å²) in [5.41, 5.74) is 1.59. The Bertz CT molecular complexity index is 1350. The fourth-order valence-electron chi connectivity index (χ4n) is 3.25. The molecule has 1 amide bonds. The van der Waals surface area contributed by atoms with Gasteiger partial charge in [-0.15, -0.1) is 5.10 Å². The standard InChI is InChI=1S/C23H22N4O5S2/c1-4-31-19-13-15(10-11-18(19)32-14(2)16-8-6-5-7-9-16)12-17-20(24)27-22(25-21(17)28)33-23(26-27)34(3,29)30/h5-14,24H,4H2,1-3H3/b17-12+,24-20?/t14-/m0/s1. The number of rotatable bonds is 6. The summed E-state index contributed by atoms with van der Waals surface area (Å²) in [4.78, 5) is 16.5. The number of nitrogens with zero attached hydrogens (tertiary/aromatic N) is 3. The third kappa shape index (κ3) is 4.90. The number of hydrazone groups is 1. The van der Waals surface area contributed by atoms with Gasteiger partial charge in [-0.25, -0.2) is 8.42 Å². The van der Waals surface area contributed by atoms with Crippen molar-refractivity contribution in [3.8, 4) is 11.5 Å². The number of nitrogens with one attached hydrogen (secondary N) is 1. The Balaban J connectivity index is 1.63. The van der Waals surface area contributed by atoms with Crippen LogP contribution < -0.4 is 9.47 Å². The highest BCUT2D eigenvalue weighted by Crippen LogP contribution is 2.34. The van der Waals surface area contributed by atoms with E-state index in [1.165, 1.54) is 6.08 Å². The van der Waals surface area contributed by atoms with E-state index in [4.69, 9.17) is 14.9 Å². The molecule has 0 radical (unpaired) electrons. The van der Waals surface area contributed by atoms with Crippen molar-refractivity contribution in [1.29, 1.82) is 5.41 Å². The van der Waals surface area contributed by atoms with Crippen LogP contribution in [0.1, 0.15) is 31.1 Å².